The third-order valence-corrected chi connectivity index (χ3v) is 5.30. The molecule has 26 heavy (non-hydrogen) atoms. The van der Waals surface area contributed by atoms with Gasteiger partial charge in [-0.15, -0.1) is 22.0 Å². The molecule has 4 rings (SSSR count). The summed E-state index contributed by atoms with van der Waals surface area (Å²) in [6, 6.07) is 9.55. The number of pyridine rings is 1. The molecule has 0 radical (unpaired) electrons. The van der Waals surface area contributed by atoms with Gasteiger partial charge in [0.2, 0.25) is 5.91 Å². The third-order valence-electron chi connectivity index (χ3n) is 3.61. The van der Waals surface area contributed by atoms with Crippen LogP contribution < -0.4 is 5.32 Å². The maximum absolute atomic E-state index is 12.1. The van der Waals surface area contributed by atoms with Crippen molar-refractivity contribution in [2.75, 3.05) is 5.75 Å². The first-order valence-electron chi connectivity index (χ1n) is 7.83. The quantitative estimate of drug-likeness (QED) is 0.516. The second kappa shape index (κ2) is 7.63. The molecular formula is C17H14N6OS2. The molecule has 0 aliphatic rings. The first-order valence-corrected chi connectivity index (χ1v) is 9.76. The van der Waals surface area contributed by atoms with Crippen LogP contribution in [-0.4, -0.2) is 36.5 Å². The van der Waals surface area contributed by atoms with E-state index in [0.29, 0.717) is 17.2 Å². The number of hydrogen-bond acceptors (Lipinski definition) is 7. The lowest BCUT2D eigenvalue weighted by Crippen LogP contribution is -2.25. The molecule has 4 aromatic rings. The van der Waals surface area contributed by atoms with Crippen LogP contribution in [0.4, 0.5) is 0 Å². The second-order valence-electron chi connectivity index (χ2n) is 5.37. The largest absolute Gasteiger partial charge is 0.348 e. The predicted octanol–water partition coefficient (Wildman–Crippen LogP) is 2.66. The van der Waals surface area contributed by atoms with Crippen LogP contribution in [0.3, 0.4) is 0 Å². The standard InChI is InChI=1S/C17H14N6OS2/c24-17(11-26-13-3-6-18-7-4-13)19-9-16-21-20-15-2-1-14(22-23(15)16)12-5-8-25-10-12/h1-8,10H,9,11H2,(H,19,24). The second-order valence-corrected chi connectivity index (χ2v) is 7.19. The molecule has 1 amide bonds. The summed E-state index contributed by atoms with van der Waals surface area (Å²) in [7, 11) is 0. The smallest absolute Gasteiger partial charge is 0.230 e. The molecule has 0 aliphatic carbocycles. The minimum atomic E-state index is -0.0717. The van der Waals surface area contributed by atoms with E-state index in [2.05, 4.69) is 25.6 Å². The van der Waals surface area contributed by atoms with Gasteiger partial charge in [0, 0.05) is 28.2 Å². The third kappa shape index (κ3) is 3.73. The number of aromatic nitrogens is 5. The van der Waals surface area contributed by atoms with Gasteiger partial charge in [0.1, 0.15) is 0 Å². The normalized spacial score (nSPS) is 10.9. The Balaban J connectivity index is 1.42. The zero-order valence-corrected chi connectivity index (χ0v) is 15.2. The number of fused-ring (bicyclic) bond motifs is 1. The fourth-order valence-electron chi connectivity index (χ4n) is 2.32. The van der Waals surface area contributed by atoms with Crippen molar-refractivity contribution < 1.29 is 4.79 Å². The average Bonchev–Trinajstić information content (AvgIpc) is 3.35. The molecular weight excluding hydrogens is 368 g/mol. The summed E-state index contributed by atoms with van der Waals surface area (Å²) >= 11 is 3.08. The molecule has 7 nitrogen and oxygen atoms in total. The Bertz CT molecular complexity index is 1020. The summed E-state index contributed by atoms with van der Waals surface area (Å²) in [5.74, 6) is 0.853. The predicted molar refractivity (Wildman–Crippen MR) is 101 cm³/mol. The van der Waals surface area contributed by atoms with Gasteiger partial charge in [-0.1, -0.05) is 0 Å². The molecule has 0 unspecified atom stereocenters. The lowest BCUT2D eigenvalue weighted by molar-refractivity contribution is -0.118. The molecule has 4 heterocycles. The number of carbonyl (C=O) groups excluding carboxylic acids is 1. The van der Waals surface area contributed by atoms with Gasteiger partial charge in [-0.2, -0.15) is 21.0 Å². The first-order chi connectivity index (χ1) is 12.8. The van der Waals surface area contributed by atoms with Crippen LogP contribution in [0, 0.1) is 0 Å². The Morgan fingerprint density at radius 1 is 1.15 bits per heavy atom. The molecule has 0 aliphatic heterocycles. The number of rotatable bonds is 6. The van der Waals surface area contributed by atoms with Crippen molar-refractivity contribution in [3.8, 4) is 11.3 Å². The molecule has 9 heteroatoms. The maximum atomic E-state index is 12.1. The van der Waals surface area contributed by atoms with E-state index in [1.165, 1.54) is 11.8 Å². The monoisotopic (exact) mass is 382 g/mol. The molecule has 1 N–H and O–H groups in total. The summed E-state index contributed by atoms with van der Waals surface area (Å²) in [6.45, 7) is 0.275. The van der Waals surface area contributed by atoms with Crippen molar-refractivity contribution >= 4 is 34.7 Å². The van der Waals surface area contributed by atoms with E-state index >= 15 is 0 Å². The molecule has 0 saturated carbocycles. The lowest BCUT2D eigenvalue weighted by atomic mass is 10.2. The van der Waals surface area contributed by atoms with Crippen LogP contribution >= 0.6 is 23.1 Å². The number of thiophene rings is 1. The van der Waals surface area contributed by atoms with Crippen LogP contribution in [0.2, 0.25) is 0 Å². The van der Waals surface area contributed by atoms with Crippen molar-refractivity contribution in [3.05, 3.63) is 59.3 Å². The Hall–Kier alpha value is -2.78. The summed E-state index contributed by atoms with van der Waals surface area (Å²) in [6.07, 6.45) is 3.42. The zero-order valence-electron chi connectivity index (χ0n) is 13.6. The summed E-state index contributed by atoms with van der Waals surface area (Å²) in [4.78, 5) is 17.0. The number of amides is 1. The van der Waals surface area contributed by atoms with Crippen LogP contribution in [-0.2, 0) is 11.3 Å². The van der Waals surface area contributed by atoms with Crippen LogP contribution in [0.15, 0.2) is 58.4 Å². The highest BCUT2D eigenvalue weighted by atomic mass is 32.2. The molecule has 0 saturated heterocycles. The van der Waals surface area contributed by atoms with E-state index in [9.17, 15) is 4.79 Å². The lowest BCUT2D eigenvalue weighted by Gasteiger charge is -2.05. The average molecular weight is 382 g/mol. The maximum Gasteiger partial charge on any atom is 0.230 e. The van der Waals surface area contributed by atoms with Gasteiger partial charge in [0.25, 0.3) is 0 Å². The van der Waals surface area contributed by atoms with Crippen molar-refractivity contribution in [1.29, 1.82) is 0 Å². The van der Waals surface area contributed by atoms with Crippen molar-refractivity contribution in [3.63, 3.8) is 0 Å². The zero-order chi connectivity index (χ0) is 17.8. The Morgan fingerprint density at radius 3 is 2.85 bits per heavy atom. The van der Waals surface area contributed by atoms with E-state index in [1.54, 1.807) is 28.2 Å². The van der Waals surface area contributed by atoms with Gasteiger partial charge in [0.05, 0.1) is 18.0 Å². The highest BCUT2D eigenvalue weighted by Gasteiger charge is 2.10. The van der Waals surface area contributed by atoms with Crippen LogP contribution in [0.5, 0.6) is 0 Å². The SMILES string of the molecule is O=C(CSc1ccncc1)NCc1nnc2ccc(-c3ccsc3)nn12. The summed E-state index contributed by atoms with van der Waals surface area (Å²) in [5, 5.41) is 19.7. The van der Waals surface area contributed by atoms with Crippen molar-refractivity contribution in [2.45, 2.75) is 11.4 Å². The van der Waals surface area contributed by atoms with Gasteiger partial charge in [0.15, 0.2) is 11.5 Å². The molecule has 0 spiro atoms. The molecule has 0 bridgehead atoms. The molecule has 0 fully saturated rings. The molecule has 0 atom stereocenters. The van der Waals surface area contributed by atoms with Gasteiger partial charge in [-0.05, 0) is 35.7 Å². The van der Waals surface area contributed by atoms with Crippen LogP contribution in [0.25, 0.3) is 16.9 Å². The van der Waals surface area contributed by atoms with Gasteiger partial charge in [-0.25, -0.2) is 0 Å². The fraction of sp³-hybridized carbons (Fsp3) is 0.118. The van der Waals surface area contributed by atoms with Gasteiger partial charge in [-0.3, -0.25) is 9.78 Å². The Labute approximate surface area is 157 Å². The highest BCUT2D eigenvalue weighted by molar-refractivity contribution is 8.00. The minimum absolute atomic E-state index is 0.0717. The molecule has 130 valence electrons. The van der Waals surface area contributed by atoms with Crippen LogP contribution in [0.1, 0.15) is 5.82 Å². The Morgan fingerprint density at radius 2 is 2.04 bits per heavy atom. The van der Waals surface area contributed by atoms with Gasteiger partial charge >= 0.3 is 0 Å². The van der Waals surface area contributed by atoms with E-state index in [1.807, 2.05) is 41.1 Å². The Kier molecular flexibility index (Phi) is 4.89. The molecule has 0 aromatic carbocycles. The van der Waals surface area contributed by atoms with E-state index in [-0.39, 0.29) is 12.5 Å². The molecule has 4 aromatic heterocycles. The van der Waals surface area contributed by atoms with E-state index in [4.69, 9.17) is 0 Å². The number of carbonyl (C=O) groups is 1. The number of thioether (sulfide) groups is 1. The summed E-state index contributed by atoms with van der Waals surface area (Å²) < 4.78 is 1.67. The number of hydrogen-bond donors (Lipinski definition) is 1. The van der Waals surface area contributed by atoms with Crippen molar-refractivity contribution in [2.24, 2.45) is 0 Å². The fourth-order valence-corrected chi connectivity index (χ4v) is 3.68. The number of nitrogens with one attached hydrogen (secondary N) is 1. The van der Waals surface area contributed by atoms with Gasteiger partial charge < -0.3 is 5.32 Å². The van der Waals surface area contributed by atoms with E-state index < -0.39 is 0 Å². The first kappa shape index (κ1) is 16.7. The topological polar surface area (TPSA) is 85.1 Å². The highest BCUT2D eigenvalue weighted by Crippen LogP contribution is 2.20. The summed E-state index contributed by atoms with van der Waals surface area (Å²) in [5.41, 5.74) is 2.55. The minimum Gasteiger partial charge on any atom is -0.348 e. The number of nitrogens with zero attached hydrogens (tertiary/aromatic N) is 5. The van der Waals surface area contributed by atoms with E-state index in [0.717, 1.165) is 16.2 Å². The van der Waals surface area contributed by atoms with Crippen molar-refractivity contribution in [1.82, 2.24) is 30.1 Å².